The second kappa shape index (κ2) is 6.57. The highest BCUT2D eigenvalue weighted by molar-refractivity contribution is 5.85. The second-order valence-corrected chi connectivity index (χ2v) is 5.47. The van der Waals surface area contributed by atoms with E-state index in [1.807, 2.05) is 50.5 Å². The Balaban J connectivity index is 1.80. The quantitative estimate of drug-likeness (QED) is 0.770. The number of anilines is 2. The van der Waals surface area contributed by atoms with Crippen LogP contribution in [0.3, 0.4) is 0 Å². The molecule has 0 amide bonds. The standard InChI is InChI=1S/C17H19N5O2/c1-22(2)17-20-15(19-16(18)21-17)10-24-14-7-5-11-4-6-13(23-3)8-12(11)9-14/h4-9H,10H2,1-3H3,(H2,18,19,20,21). The largest absolute Gasteiger partial charge is 0.497 e. The van der Waals surface area contributed by atoms with E-state index in [9.17, 15) is 0 Å². The van der Waals surface area contributed by atoms with Gasteiger partial charge in [0.2, 0.25) is 11.9 Å². The van der Waals surface area contributed by atoms with E-state index < -0.39 is 0 Å². The highest BCUT2D eigenvalue weighted by Gasteiger charge is 2.07. The second-order valence-electron chi connectivity index (χ2n) is 5.47. The summed E-state index contributed by atoms with van der Waals surface area (Å²) in [5.74, 6) is 2.69. The van der Waals surface area contributed by atoms with Crippen LogP contribution < -0.4 is 20.1 Å². The maximum absolute atomic E-state index is 5.80. The lowest BCUT2D eigenvalue weighted by Crippen LogP contribution is -2.16. The number of nitrogens with zero attached hydrogens (tertiary/aromatic N) is 4. The first-order valence-corrected chi connectivity index (χ1v) is 7.43. The Bertz CT molecular complexity index is 867. The number of aromatic nitrogens is 3. The molecule has 1 heterocycles. The lowest BCUT2D eigenvalue weighted by atomic mass is 10.1. The fourth-order valence-corrected chi connectivity index (χ4v) is 2.26. The predicted octanol–water partition coefficient (Wildman–Crippen LogP) is 2.26. The first-order valence-electron chi connectivity index (χ1n) is 7.43. The Morgan fingerprint density at radius 2 is 1.67 bits per heavy atom. The zero-order chi connectivity index (χ0) is 17.1. The van der Waals surface area contributed by atoms with Crippen molar-refractivity contribution >= 4 is 22.7 Å². The van der Waals surface area contributed by atoms with Crippen LogP contribution in [0.5, 0.6) is 11.5 Å². The number of nitrogens with two attached hydrogens (primary N) is 1. The van der Waals surface area contributed by atoms with Crippen molar-refractivity contribution in [2.24, 2.45) is 0 Å². The number of hydrogen-bond acceptors (Lipinski definition) is 7. The molecule has 0 spiro atoms. The number of benzene rings is 2. The summed E-state index contributed by atoms with van der Waals surface area (Å²) in [5, 5.41) is 2.15. The maximum atomic E-state index is 5.80. The van der Waals surface area contributed by atoms with Crippen LogP contribution in [0.25, 0.3) is 10.8 Å². The lowest BCUT2D eigenvalue weighted by Gasteiger charge is -2.12. The molecule has 1 aromatic heterocycles. The van der Waals surface area contributed by atoms with Crippen LogP contribution in [0.1, 0.15) is 5.82 Å². The van der Waals surface area contributed by atoms with Gasteiger partial charge in [-0.2, -0.15) is 15.0 Å². The molecule has 2 N–H and O–H groups in total. The third kappa shape index (κ3) is 3.45. The molecule has 124 valence electrons. The van der Waals surface area contributed by atoms with Crippen LogP contribution in [0.15, 0.2) is 36.4 Å². The minimum atomic E-state index is 0.176. The Hall–Kier alpha value is -3.09. The molecule has 0 radical (unpaired) electrons. The summed E-state index contributed by atoms with van der Waals surface area (Å²) in [6.45, 7) is 0.211. The number of hydrogen-bond donors (Lipinski definition) is 1. The molecule has 0 bridgehead atoms. The molecule has 0 unspecified atom stereocenters. The number of nitrogen functional groups attached to an aromatic ring is 1. The van der Waals surface area contributed by atoms with Crippen molar-refractivity contribution in [2.75, 3.05) is 31.8 Å². The van der Waals surface area contributed by atoms with E-state index >= 15 is 0 Å². The van der Waals surface area contributed by atoms with E-state index in [-0.39, 0.29) is 12.6 Å². The Labute approximate surface area is 140 Å². The maximum Gasteiger partial charge on any atom is 0.230 e. The average Bonchev–Trinajstić information content (AvgIpc) is 2.58. The van der Waals surface area contributed by atoms with E-state index in [4.69, 9.17) is 15.2 Å². The van der Waals surface area contributed by atoms with E-state index in [0.717, 1.165) is 22.3 Å². The van der Waals surface area contributed by atoms with Gasteiger partial charge in [-0.1, -0.05) is 12.1 Å². The van der Waals surface area contributed by atoms with E-state index in [1.54, 1.807) is 12.0 Å². The molecule has 24 heavy (non-hydrogen) atoms. The third-order valence-corrected chi connectivity index (χ3v) is 3.47. The minimum absolute atomic E-state index is 0.176. The first kappa shape index (κ1) is 15.8. The number of rotatable bonds is 5. The van der Waals surface area contributed by atoms with Gasteiger partial charge >= 0.3 is 0 Å². The third-order valence-electron chi connectivity index (χ3n) is 3.47. The first-order chi connectivity index (χ1) is 11.5. The summed E-state index contributed by atoms with van der Waals surface area (Å²) in [4.78, 5) is 14.2. The van der Waals surface area contributed by atoms with Gasteiger partial charge in [-0.05, 0) is 35.0 Å². The molecule has 0 atom stereocenters. The van der Waals surface area contributed by atoms with Gasteiger partial charge in [-0.3, -0.25) is 0 Å². The van der Waals surface area contributed by atoms with Gasteiger partial charge in [0.1, 0.15) is 18.1 Å². The van der Waals surface area contributed by atoms with Gasteiger partial charge in [0.25, 0.3) is 0 Å². The van der Waals surface area contributed by atoms with E-state index in [0.29, 0.717) is 11.8 Å². The topological polar surface area (TPSA) is 86.4 Å². The zero-order valence-corrected chi connectivity index (χ0v) is 13.9. The van der Waals surface area contributed by atoms with E-state index in [2.05, 4.69) is 15.0 Å². The molecule has 2 aromatic carbocycles. The molecule has 3 rings (SSSR count). The molecular formula is C17H19N5O2. The average molecular weight is 325 g/mol. The highest BCUT2D eigenvalue weighted by Crippen LogP contribution is 2.25. The fraction of sp³-hybridized carbons (Fsp3) is 0.235. The van der Waals surface area contributed by atoms with Crippen molar-refractivity contribution in [1.82, 2.24) is 15.0 Å². The van der Waals surface area contributed by atoms with Crippen molar-refractivity contribution in [2.45, 2.75) is 6.61 Å². The van der Waals surface area contributed by atoms with Gasteiger partial charge in [-0.25, -0.2) is 0 Å². The van der Waals surface area contributed by atoms with E-state index in [1.165, 1.54) is 0 Å². The Morgan fingerprint density at radius 1 is 0.958 bits per heavy atom. The fourth-order valence-electron chi connectivity index (χ4n) is 2.26. The van der Waals surface area contributed by atoms with Crippen LogP contribution in [0.2, 0.25) is 0 Å². The summed E-state index contributed by atoms with van der Waals surface area (Å²) >= 11 is 0. The van der Waals surface area contributed by atoms with Crippen molar-refractivity contribution in [1.29, 1.82) is 0 Å². The van der Waals surface area contributed by atoms with Gasteiger partial charge in [0.15, 0.2) is 5.82 Å². The van der Waals surface area contributed by atoms with Gasteiger partial charge in [-0.15, -0.1) is 0 Å². The van der Waals surface area contributed by atoms with Crippen molar-refractivity contribution in [3.05, 3.63) is 42.2 Å². The molecule has 0 saturated heterocycles. The van der Waals surface area contributed by atoms with Crippen molar-refractivity contribution in [3.8, 4) is 11.5 Å². The molecule has 0 aliphatic carbocycles. The molecule has 0 aliphatic heterocycles. The van der Waals surface area contributed by atoms with Crippen molar-refractivity contribution < 1.29 is 9.47 Å². The monoisotopic (exact) mass is 325 g/mol. The molecule has 0 fully saturated rings. The normalized spacial score (nSPS) is 10.6. The zero-order valence-electron chi connectivity index (χ0n) is 13.9. The van der Waals surface area contributed by atoms with Crippen LogP contribution in [-0.4, -0.2) is 36.2 Å². The Morgan fingerprint density at radius 3 is 2.38 bits per heavy atom. The lowest BCUT2D eigenvalue weighted by molar-refractivity contribution is 0.296. The number of fused-ring (bicyclic) bond motifs is 1. The molecule has 3 aromatic rings. The summed E-state index contributed by atoms with van der Waals surface area (Å²) in [7, 11) is 5.33. The van der Waals surface area contributed by atoms with Crippen molar-refractivity contribution in [3.63, 3.8) is 0 Å². The number of ether oxygens (including phenoxy) is 2. The molecule has 0 saturated carbocycles. The van der Waals surface area contributed by atoms with Crippen LogP contribution >= 0.6 is 0 Å². The molecule has 0 aliphatic rings. The number of methoxy groups -OCH3 is 1. The molecule has 7 heteroatoms. The smallest absolute Gasteiger partial charge is 0.230 e. The summed E-state index contributed by atoms with van der Waals surface area (Å²) in [6.07, 6.45) is 0. The summed E-state index contributed by atoms with van der Waals surface area (Å²) in [5.41, 5.74) is 5.71. The van der Waals surface area contributed by atoms with Gasteiger partial charge < -0.3 is 20.1 Å². The van der Waals surface area contributed by atoms with Gasteiger partial charge in [0.05, 0.1) is 7.11 Å². The van der Waals surface area contributed by atoms with Crippen LogP contribution in [0.4, 0.5) is 11.9 Å². The van der Waals surface area contributed by atoms with Crippen LogP contribution in [-0.2, 0) is 6.61 Å². The molecule has 7 nitrogen and oxygen atoms in total. The van der Waals surface area contributed by atoms with Crippen LogP contribution in [0, 0.1) is 0 Å². The molecular weight excluding hydrogens is 306 g/mol. The Kier molecular flexibility index (Phi) is 4.33. The van der Waals surface area contributed by atoms with Gasteiger partial charge in [0, 0.05) is 14.1 Å². The summed E-state index contributed by atoms with van der Waals surface area (Å²) < 4.78 is 11.0. The minimum Gasteiger partial charge on any atom is -0.497 e. The highest BCUT2D eigenvalue weighted by atomic mass is 16.5. The summed E-state index contributed by atoms with van der Waals surface area (Å²) in [6, 6.07) is 11.8. The SMILES string of the molecule is COc1ccc2ccc(OCc3nc(N)nc(N(C)C)n3)cc2c1. The predicted molar refractivity (Wildman–Crippen MR) is 93.4 cm³/mol.